The second-order valence-electron chi connectivity index (χ2n) is 8.38. The van der Waals surface area contributed by atoms with Gasteiger partial charge in [-0.15, -0.1) is 0 Å². The lowest BCUT2D eigenvalue weighted by atomic mass is 9.87. The van der Waals surface area contributed by atoms with Crippen LogP contribution in [0.25, 0.3) is 11.4 Å². The van der Waals surface area contributed by atoms with E-state index in [1.54, 1.807) is 0 Å². The Bertz CT molecular complexity index is 929. The second kappa shape index (κ2) is 6.72. The highest BCUT2D eigenvalue weighted by atomic mass is 16.5. The van der Waals surface area contributed by atoms with Crippen molar-refractivity contribution in [3.8, 4) is 11.4 Å². The average molecular weight is 380 g/mol. The third-order valence-electron chi connectivity index (χ3n) is 6.38. The van der Waals surface area contributed by atoms with Gasteiger partial charge in [0.25, 0.3) is 0 Å². The summed E-state index contributed by atoms with van der Waals surface area (Å²) in [5, 5.41) is 7.02. The summed E-state index contributed by atoms with van der Waals surface area (Å²) in [7, 11) is 0. The molecule has 1 aliphatic carbocycles. The van der Waals surface area contributed by atoms with Gasteiger partial charge in [0, 0.05) is 24.6 Å². The largest absolute Gasteiger partial charge is 0.339 e. The molecule has 1 unspecified atom stereocenters. The average Bonchev–Trinajstić information content (AvgIpc) is 3.39. The number of benzene rings is 1. The van der Waals surface area contributed by atoms with Crippen LogP contribution in [0.5, 0.6) is 0 Å². The monoisotopic (exact) mass is 380 g/mol. The molecule has 2 fully saturated rings. The van der Waals surface area contributed by atoms with E-state index < -0.39 is 0 Å². The van der Waals surface area contributed by atoms with E-state index in [0.29, 0.717) is 37.1 Å². The van der Waals surface area contributed by atoms with Crippen molar-refractivity contribution in [2.45, 2.75) is 57.4 Å². The number of para-hydroxylation sites is 1. The fraction of sp³-hybridized carbons (Fsp3) is 0.524. The second-order valence-corrected chi connectivity index (χ2v) is 8.38. The molecular formula is C21H24N4O3. The summed E-state index contributed by atoms with van der Waals surface area (Å²) in [5.41, 5.74) is 2.48. The number of carbonyl (C=O) groups excluding carboxylic acids is 2. The predicted octanol–water partition coefficient (Wildman–Crippen LogP) is 3.13. The molecule has 0 radical (unpaired) electrons. The molecule has 2 aromatic rings. The van der Waals surface area contributed by atoms with Crippen LogP contribution in [0.1, 0.15) is 56.4 Å². The zero-order valence-electron chi connectivity index (χ0n) is 16.0. The number of aromatic nitrogens is 2. The van der Waals surface area contributed by atoms with Gasteiger partial charge >= 0.3 is 0 Å². The lowest BCUT2D eigenvalue weighted by Crippen LogP contribution is -2.38. The number of anilines is 1. The molecule has 7 heteroatoms. The van der Waals surface area contributed by atoms with E-state index in [2.05, 4.69) is 22.4 Å². The fourth-order valence-corrected chi connectivity index (χ4v) is 4.75. The summed E-state index contributed by atoms with van der Waals surface area (Å²) in [6.45, 7) is 2.94. The van der Waals surface area contributed by atoms with Crippen LogP contribution in [0.2, 0.25) is 0 Å². The summed E-state index contributed by atoms with van der Waals surface area (Å²) in [6.07, 6.45) is 5.36. The van der Waals surface area contributed by atoms with E-state index in [1.165, 1.54) is 12.8 Å². The zero-order chi connectivity index (χ0) is 19.3. The lowest BCUT2D eigenvalue weighted by molar-refractivity contribution is -0.130. The maximum atomic E-state index is 12.6. The van der Waals surface area contributed by atoms with Gasteiger partial charge in [0.2, 0.25) is 23.5 Å². The first-order chi connectivity index (χ1) is 13.6. The molecule has 2 amide bonds. The van der Waals surface area contributed by atoms with E-state index in [0.717, 1.165) is 35.6 Å². The van der Waals surface area contributed by atoms with Gasteiger partial charge in [-0.25, -0.2) is 0 Å². The van der Waals surface area contributed by atoms with Crippen molar-refractivity contribution < 1.29 is 14.1 Å². The standard InChI is InChI=1S/C21H24N4O3/c1-12-5-7-15(8-6-12)25-11-14(10-18(25)27)21-23-20(24-28-21)16-4-2-3-13-9-17(26)22-19(13)16/h2-4,12,14-15H,5-11H2,1H3,(H,22,26). The number of rotatable bonds is 3. The number of nitrogens with one attached hydrogen (secondary N) is 1. The van der Waals surface area contributed by atoms with E-state index in [4.69, 9.17) is 4.52 Å². The van der Waals surface area contributed by atoms with Gasteiger partial charge in [-0.1, -0.05) is 24.2 Å². The SMILES string of the molecule is CC1CCC(N2CC(c3nc(-c4cccc5c4NC(=O)C5)no3)CC2=O)CC1. The molecule has 0 spiro atoms. The number of amides is 2. The Morgan fingerprint density at radius 3 is 2.82 bits per heavy atom. The number of nitrogens with zero attached hydrogens (tertiary/aromatic N) is 3. The summed E-state index contributed by atoms with van der Waals surface area (Å²) >= 11 is 0. The van der Waals surface area contributed by atoms with Gasteiger partial charge in [-0.3, -0.25) is 9.59 Å². The fourth-order valence-electron chi connectivity index (χ4n) is 4.75. The molecular weight excluding hydrogens is 356 g/mol. The van der Waals surface area contributed by atoms with Crippen molar-refractivity contribution in [3.63, 3.8) is 0 Å². The van der Waals surface area contributed by atoms with Crippen molar-refractivity contribution in [2.75, 3.05) is 11.9 Å². The minimum atomic E-state index is -0.0561. The van der Waals surface area contributed by atoms with Crippen molar-refractivity contribution in [2.24, 2.45) is 5.92 Å². The molecule has 1 saturated heterocycles. The molecule has 1 aromatic carbocycles. The molecule has 0 bridgehead atoms. The summed E-state index contributed by atoms with van der Waals surface area (Å²) in [5.74, 6) is 1.85. The van der Waals surface area contributed by atoms with Crippen LogP contribution in [0.3, 0.4) is 0 Å². The third kappa shape index (κ3) is 2.99. The van der Waals surface area contributed by atoms with Crippen molar-refractivity contribution in [3.05, 3.63) is 29.7 Å². The van der Waals surface area contributed by atoms with Crippen LogP contribution in [-0.4, -0.2) is 39.4 Å². The van der Waals surface area contributed by atoms with Crippen LogP contribution in [-0.2, 0) is 16.0 Å². The molecule has 1 atom stereocenters. The quantitative estimate of drug-likeness (QED) is 0.884. The molecule has 28 heavy (non-hydrogen) atoms. The molecule has 3 heterocycles. The van der Waals surface area contributed by atoms with Crippen LogP contribution in [0.15, 0.2) is 22.7 Å². The Hall–Kier alpha value is -2.70. The van der Waals surface area contributed by atoms with Crippen LogP contribution in [0, 0.1) is 5.92 Å². The van der Waals surface area contributed by atoms with Crippen molar-refractivity contribution in [1.82, 2.24) is 15.0 Å². The smallest absolute Gasteiger partial charge is 0.232 e. The van der Waals surface area contributed by atoms with Gasteiger partial charge in [0.15, 0.2) is 0 Å². The first-order valence-corrected chi connectivity index (χ1v) is 10.1. The van der Waals surface area contributed by atoms with E-state index >= 15 is 0 Å². The predicted molar refractivity (Wildman–Crippen MR) is 103 cm³/mol. The number of hydrogen-bond acceptors (Lipinski definition) is 5. The summed E-state index contributed by atoms with van der Waals surface area (Å²) in [6, 6.07) is 6.06. The van der Waals surface area contributed by atoms with Gasteiger partial charge in [0.1, 0.15) is 0 Å². The van der Waals surface area contributed by atoms with Gasteiger partial charge in [0.05, 0.1) is 18.0 Å². The van der Waals surface area contributed by atoms with E-state index in [-0.39, 0.29) is 17.7 Å². The van der Waals surface area contributed by atoms with Crippen LogP contribution < -0.4 is 5.32 Å². The molecule has 146 valence electrons. The minimum absolute atomic E-state index is 0.0231. The van der Waals surface area contributed by atoms with Crippen LogP contribution >= 0.6 is 0 Å². The highest BCUT2D eigenvalue weighted by Crippen LogP contribution is 2.37. The summed E-state index contributed by atoms with van der Waals surface area (Å²) < 4.78 is 5.54. The Morgan fingerprint density at radius 2 is 2.00 bits per heavy atom. The Balaban J connectivity index is 1.34. The maximum absolute atomic E-state index is 12.6. The van der Waals surface area contributed by atoms with Crippen molar-refractivity contribution in [1.29, 1.82) is 0 Å². The molecule has 1 aromatic heterocycles. The molecule has 2 aliphatic heterocycles. The van der Waals surface area contributed by atoms with Crippen LogP contribution in [0.4, 0.5) is 5.69 Å². The van der Waals surface area contributed by atoms with Gasteiger partial charge in [-0.2, -0.15) is 4.98 Å². The van der Waals surface area contributed by atoms with E-state index in [9.17, 15) is 9.59 Å². The van der Waals surface area contributed by atoms with Crippen molar-refractivity contribution >= 4 is 17.5 Å². The first-order valence-electron chi connectivity index (χ1n) is 10.1. The maximum Gasteiger partial charge on any atom is 0.232 e. The molecule has 5 rings (SSSR count). The van der Waals surface area contributed by atoms with E-state index in [1.807, 2.05) is 23.1 Å². The van der Waals surface area contributed by atoms with Gasteiger partial charge < -0.3 is 14.7 Å². The third-order valence-corrected chi connectivity index (χ3v) is 6.38. The molecule has 1 N–H and O–H groups in total. The summed E-state index contributed by atoms with van der Waals surface area (Å²) in [4.78, 5) is 30.9. The molecule has 1 saturated carbocycles. The number of likely N-dealkylation sites (tertiary alicyclic amines) is 1. The highest BCUT2D eigenvalue weighted by Gasteiger charge is 2.39. The highest BCUT2D eigenvalue weighted by molar-refractivity contribution is 6.03. The molecule has 7 nitrogen and oxygen atoms in total. The Labute approximate surface area is 163 Å². The molecule has 3 aliphatic rings. The minimum Gasteiger partial charge on any atom is -0.339 e. The normalized spacial score (nSPS) is 27.2. The number of carbonyl (C=O) groups is 2. The number of fused-ring (bicyclic) bond motifs is 1. The lowest BCUT2D eigenvalue weighted by Gasteiger charge is -2.33. The Morgan fingerprint density at radius 1 is 1.18 bits per heavy atom. The number of hydrogen-bond donors (Lipinski definition) is 1. The topological polar surface area (TPSA) is 88.3 Å². The zero-order valence-corrected chi connectivity index (χ0v) is 16.0. The van der Waals surface area contributed by atoms with Gasteiger partial charge in [-0.05, 0) is 43.2 Å². The Kier molecular flexibility index (Phi) is 4.18. The first kappa shape index (κ1) is 17.4.